The Morgan fingerprint density at radius 2 is 1.83 bits per heavy atom. The number of rotatable bonds is 3. The molecule has 0 aliphatic rings. The van der Waals surface area contributed by atoms with Crippen LogP contribution in [-0.4, -0.2) is 25.3 Å². The van der Waals surface area contributed by atoms with E-state index in [-0.39, 0.29) is 0 Å². The van der Waals surface area contributed by atoms with Gasteiger partial charge in [0.05, 0.1) is 5.56 Å². The van der Waals surface area contributed by atoms with E-state index in [4.69, 9.17) is 11.6 Å². The first-order valence-corrected chi connectivity index (χ1v) is 10.3. The summed E-state index contributed by atoms with van der Waals surface area (Å²) in [6, 6.07) is 11.2. The number of alkyl halides is 3. The summed E-state index contributed by atoms with van der Waals surface area (Å²) < 4.78 is 40.3. The zero-order valence-corrected chi connectivity index (χ0v) is 17.8. The highest BCUT2D eigenvalue weighted by Crippen LogP contribution is 2.39. The van der Waals surface area contributed by atoms with Crippen LogP contribution in [0.15, 0.2) is 66.1 Å². The molecule has 0 radical (unpaired) electrons. The number of pyridine rings is 2. The Morgan fingerprint density at radius 1 is 1.10 bits per heavy atom. The molecule has 0 amide bonds. The molecule has 9 heteroatoms. The summed E-state index contributed by atoms with van der Waals surface area (Å²) in [5.41, 5.74) is -0.560. The van der Waals surface area contributed by atoms with Crippen molar-refractivity contribution in [1.82, 2.24) is 19.5 Å². The Balaban J connectivity index is 0.000000212. The van der Waals surface area contributed by atoms with Gasteiger partial charge >= 0.3 is 6.18 Å². The molecule has 0 N–H and O–H groups in total. The summed E-state index contributed by atoms with van der Waals surface area (Å²) in [5.74, 6) is 1.11. The fraction of sp³-hybridized carbons (Fsp3) is 0.190. The lowest BCUT2D eigenvalue weighted by Crippen LogP contribution is -2.09. The highest BCUT2D eigenvalue weighted by Gasteiger charge is 2.35. The highest BCUT2D eigenvalue weighted by molar-refractivity contribution is 7.99. The molecular weight excluding hydrogens is 433 g/mol. The SMILES string of the molecule is CCSc1cc(C(F)(F)F)c(Cl)nc1-c1nccn1C.c1ccc2cnccc2c1. The molecule has 4 aromatic rings. The molecule has 0 unspecified atom stereocenters. The van der Waals surface area contributed by atoms with Crippen molar-refractivity contribution in [3.63, 3.8) is 0 Å². The highest BCUT2D eigenvalue weighted by atomic mass is 35.5. The number of benzene rings is 1. The van der Waals surface area contributed by atoms with Crippen LogP contribution in [0.25, 0.3) is 22.3 Å². The van der Waals surface area contributed by atoms with Crippen LogP contribution in [0.2, 0.25) is 5.15 Å². The Morgan fingerprint density at radius 3 is 2.43 bits per heavy atom. The summed E-state index contributed by atoms with van der Waals surface area (Å²) in [4.78, 5) is 12.4. The number of fused-ring (bicyclic) bond motifs is 1. The molecule has 4 rings (SSSR count). The monoisotopic (exact) mass is 450 g/mol. The molecule has 0 fully saturated rings. The summed E-state index contributed by atoms with van der Waals surface area (Å²) in [7, 11) is 1.75. The fourth-order valence-electron chi connectivity index (χ4n) is 2.72. The van der Waals surface area contributed by atoms with Crippen molar-refractivity contribution in [2.24, 2.45) is 7.05 Å². The minimum atomic E-state index is -4.52. The summed E-state index contributed by atoms with van der Waals surface area (Å²) in [6.45, 7) is 1.86. The van der Waals surface area contributed by atoms with Crippen molar-refractivity contribution in [1.29, 1.82) is 0 Å². The number of halogens is 4. The maximum absolute atomic E-state index is 12.9. The zero-order chi connectivity index (χ0) is 21.7. The summed E-state index contributed by atoms with van der Waals surface area (Å²) in [5, 5.41) is 1.89. The molecule has 0 aliphatic carbocycles. The Kier molecular flexibility index (Phi) is 6.99. The zero-order valence-electron chi connectivity index (χ0n) is 16.2. The van der Waals surface area contributed by atoms with Gasteiger partial charge in [0.25, 0.3) is 0 Å². The van der Waals surface area contributed by atoms with Crippen LogP contribution in [0.1, 0.15) is 12.5 Å². The molecule has 0 aliphatic heterocycles. The van der Waals surface area contributed by atoms with Crippen molar-refractivity contribution in [3.8, 4) is 11.5 Å². The van der Waals surface area contributed by atoms with Gasteiger partial charge in [-0.3, -0.25) is 4.98 Å². The predicted octanol–water partition coefficient (Wildman–Crippen LogP) is 6.50. The standard InChI is InChI=1S/C12H11ClF3N3S.C9H7N/c1-3-20-8-6-7(12(14,15)16)10(13)18-9(8)11-17-4-5-19(11)2;1-2-4-9-7-10-6-5-8(9)3-1/h4-6H,3H2,1-2H3;1-7H. The van der Waals surface area contributed by atoms with E-state index < -0.39 is 16.9 Å². The molecule has 3 aromatic heterocycles. The lowest BCUT2D eigenvalue weighted by Gasteiger charge is -2.13. The Bertz CT molecular complexity index is 1080. The maximum atomic E-state index is 12.9. The lowest BCUT2D eigenvalue weighted by molar-refractivity contribution is -0.137. The predicted molar refractivity (Wildman–Crippen MR) is 115 cm³/mol. The summed E-state index contributed by atoms with van der Waals surface area (Å²) >= 11 is 6.95. The summed E-state index contributed by atoms with van der Waals surface area (Å²) in [6.07, 6.45) is 2.41. The van der Waals surface area contributed by atoms with Crippen molar-refractivity contribution >= 4 is 34.1 Å². The van der Waals surface area contributed by atoms with Crippen LogP contribution < -0.4 is 0 Å². The minimum absolute atomic E-state index is 0.363. The van der Waals surface area contributed by atoms with Crippen LogP contribution >= 0.6 is 23.4 Å². The first-order valence-electron chi connectivity index (χ1n) is 8.98. The van der Waals surface area contributed by atoms with E-state index >= 15 is 0 Å². The first-order chi connectivity index (χ1) is 14.3. The molecule has 0 saturated heterocycles. The number of hydrogen-bond acceptors (Lipinski definition) is 4. The third-order valence-electron chi connectivity index (χ3n) is 4.13. The number of imidazole rings is 1. The second kappa shape index (κ2) is 9.49. The van der Waals surface area contributed by atoms with Gasteiger partial charge in [-0.2, -0.15) is 13.2 Å². The Labute approximate surface area is 181 Å². The second-order valence-electron chi connectivity index (χ2n) is 6.19. The number of hydrogen-bond donors (Lipinski definition) is 0. The van der Waals surface area contributed by atoms with Gasteiger partial charge in [0.15, 0.2) is 5.82 Å². The lowest BCUT2D eigenvalue weighted by atomic mass is 10.2. The van der Waals surface area contributed by atoms with Crippen LogP contribution in [0.4, 0.5) is 13.2 Å². The molecule has 3 heterocycles. The van der Waals surface area contributed by atoms with Gasteiger partial charge in [-0.1, -0.05) is 42.8 Å². The van der Waals surface area contributed by atoms with E-state index in [1.165, 1.54) is 22.5 Å². The van der Waals surface area contributed by atoms with E-state index in [2.05, 4.69) is 27.1 Å². The number of aryl methyl sites for hydroxylation is 1. The number of thioether (sulfide) groups is 1. The topological polar surface area (TPSA) is 43.6 Å². The molecule has 0 atom stereocenters. The van der Waals surface area contributed by atoms with Crippen molar-refractivity contribution in [2.45, 2.75) is 18.0 Å². The molecule has 0 saturated carbocycles. The smallest absolute Gasteiger partial charge is 0.333 e. The minimum Gasteiger partial charge on any atom is -0.333 e. The van der Waals surface area contributed by atoms with Gasteiger partial charge < -0.3 is 4.57 Å². The van der Waals surface area contributed by atoms with Crippen molar-refractivity contribution < 1.29 is 13.2 Å². The van der Waals surface area contributed by atoms with E-state index in [9.17, 15) is 13.2 Å². The fourth-order valence-corrected chi connectivity index (χ4v) is 3.75. The average Bonchev–Trinajstić information content (AvgIpc) is 3.14. The van der Waals surface area contributed by atoms with E-state index in [0.29, 0.717) is 22.2 Å². The molecule has 0 spiro atoms. The third-order valence-corrected chi connectivity index (χ3v) is 5.33. The van der Waals surface area contributed by atoms with Crippen LogP contribution in [0, 0.1) is 0 Å². The van der Waals surface area contributed by atoms with Gasteiger partial charge in [0.2, 0.25) is 0 Å². The molecular formula is C21H18ClF3N4S. The van der Waals surface area contributed by atoms with Gasteiger partial charge in [0, 0.05) is 36.7 Å². The molecule has 1 aromatic carbocycles. The number of nitrogens with zero attached hydrogens (tertiary/aromatic N) is 4. The largest absolute Gasteiger partial charge is 0.419 e. The van der Waals surface area contributed by atoms with Gasteiger partial charge in [-0.15, -0.1) is 11.8 Å². The second-order valence-corrected chi connectivity index (χ2v) is 7.85. The van der Waals surface area contributed by atoms with Crippen LogP contribution in [-0.2, 0) is 13.2 Å². The van der Waals surface area contributed by atoms with Gasteiger partial charge in [-0.25, -0.2) is 9.97 Å². The van der Waals surface area contributed by atoms with E-state index in [0.717, 1.165) is 6.07 Å². The first kappa shape index (κ1) is 22.1. The van der Waals surface area contributed by atoms with Gasteiger partial charge in [-0.05, 0) is 28.7 Å². The molecule has 156 valence electrons. The van der Waals surface area contributed by atoms with Crippen LogP contribution in [0.3, 0.4) is 0 Å². The maximum Gasteiger partial charge on any atom is 0.419 e. The normalized spacial score (nSPS) is 11.3. The Hall–Kier alpha value is -2.58. The number of aromatic nitrogens is 4. The van der Waals surface area contributed by atoms with Crippen molar-refractivity contribution in [3.05, 3.63) is 71.9 Å². The third kappa shape index (κ3) is 5.12. The van der Waals surface area contributed by atoms with E-state index in [1.807, 2.05) is 37.5 Å². The molecule has 0 bridgehead atoms. The van der Waals surface area contributed by atoms with Crippen LogP contribution in [0.5, 0.6) is 0 Å². The van der Waals surface area contributed by atoms with E-state index in [1.54, 1.807) is 24.0 Å². The van der Waals surface area contributed by atoms with Crippen molar-refractivity contribution in [2.75, 3.05) is 5.75 Å². The quantitative estimate of drug-likeness (QED) is 0.264. The molecule has 4 nitrogen and oxygen atoms in total. The molecule has 30 heavy (non-hydrogen) atoms. The average molecular weight is 451 g/mol. The van der Waals surface area contributed by atoms with Gasteiger partial charge in [0.1, 0.15) is 10.8 Å².